The molecule has 0 unspecified atom stereocenters. The van der Waals surface area contributed by atoms with Crippen LogP contribution in [0.15, 0.2) is 52.0 Å². The Balaban J connectivity index is 1.94. The second-order valence-electron chi connectivity index (χ2n) is 4.70. The molecule has 0 saturated carbocycles. The molecule has 0 bridgehead atoms. The quantitative estimate of drug-likeness (QED) is 0.765. The van der Waals surface area contributed by atoms with Gasteiger partial charge in [0.25, 0.3) is 0 Å². The highest BCUT2D eigenvalue weighted by Crippen LogP contribution is 2.24. The molecule has 0 spiro atoms. The van der Waals surface area contributed by atoms with Crippen LogP contribution in [0, 0.1) is 0 Å². The first-order chi connectivity index (χ1) is 11.7. The zero-order valence-corrected chi connectivity index (χ0v) is 13.4. The Hall–Kier alpha value is -2.53. The number of ether oxygens (including phenoxy) is 1. The summed E-state index contributed by atoms with van der Waals surface area (Å²) in [7, 11) is -4.19. The molecule has 25 heavy (non-hydrogen) atoms. The number of rotatable bonds is 7. The van der Waals surface area contributed by atoms with Crippen molar-refractivity contribution >= 4 is 15.9 Å². The van der Waals surface area contributed by atoms with Gasteiger partial charge in [0.15, 0.2) is 0 Å². The number of benzene rings is 1. The minimum atomic E-state index is -4.94. The number of amides is 1. The summed E-state index contributed by atoms with van der Waals surface area (Å²) < 4.78 is 71.3. The lowest BCUT2D eigenvalue weighted by Crippen LogP contribution is -2.36. The highest BCUT2D eigenvalue weighted by atomic mass is 32.2. The van der Waals surface area contributed by atoms with Crippen molar-refractivity contribution in [1.29, 1.82) is 0 Å². The van der Waals surface area contributed by atoms with E-state index >= 15 is 0 Å². The van der Waals surface area contributed by atoms with Crippen LogP contribution in [0.3, 0.4) is 0 Å². The molecular weight excluding hydrogens is 365 g/mol. The van der Waals surface area contributed by atoms with E-state index in [9.17, 15) is 26.4 Å². The summed E-state index contributed by atoms with van der Waals surface area (Å²) in [6.45, 7) is -0.518. The lowest BCUT2D eigenvalue weighted by Gasteiger charge is -2.11. The maximum Gasteiger partial charge on any atom is 0.573 e. The number of carbonyl (C=O) groups is 1. The normalized spacial score (nSPS) is 12.0. The maximum absolute atomic E-state index is 12.2. The van der Waals surface area contributed by atoms with Gasteiger partial charge in [-0.25, -0.2) is 13.1 Å². The molecule has 7 nitrogen and oxygen atoms in total. The predicted molar refractivity (Wildman–Crippen MR) is 78.9 cm³/mol. The van der Waals surface area contributed by atoms with E-state index in [0.29, 0.717) is 11.8 Å². The zero-order chi connectivity index (χ0) is 18.5. The van der Waals surface area contributed by atoms with Crippen molar-refractivity contribution in [2.45, 2.75) is 17.8 Å². The Morgan fingerprint density at radius 1 is 1.20 bits per heavy atom. The van der Waals surface area contributed by atoms with Crippen LogP contribution >= 0.6 is 0 Å². The van der Waals surface area contributed by atoms with Crippen LogP contribution < -0.4 is 14.8 Å². The Kier molecular flexibility index (Phi) is 5.69. The number of sulfonamides is 1. The van der Waals surface area contributed by atoms with Gasteiger partial charge in [0, 0.05) is 6.07 Å². The molecule has 0 aliphatic carbocycles. The predicted octanol–water partition coefficient (Wildman–Crippen LogP) is 1.77. The molecule has 0 aliphatic heterocycles. The summed E-state index contributed by atoms with van der Waals surface area (Å²) in [5.41, 5.74) is 0. The molecule has 0 saturated heterocycles. The van der Waals surface area contributed by atoms with E-state index in [1.807, 2.05) is 4.72 Å². The molecule has 0 aliphatic rings. The molecule has 0 atom stereocenters. The molecule has 1 heterocycles. The fraction of sp³-hybridized carbons (Fsp3) is 0.214. The average molecular weight is 378 g/mol. The first-order valence-corrected chi connectivity index (χ1v) is 8.28. The lowest BCUT2D eigenvalue weighted by atomic mass is 10.3. The topological polar surface area (TPSA) is 97.6 Å². The standard InChI is InChI=1S/C14H13F3N2O5S/c15-14(16,17)24-10-3-1-5-12(7-10)25(21,22)19-9-13(20)18-8-11-4-2-6-23-11/h1-7,19H,8-9H2,(H,18,20). The third-order valence-electron chi connectivity index (χ3n) is 2.81. The second-order valence-corrected chi connectivity index (χ2v) is 6.47. The van der Waals surface area contributed by atoms with Crippen LogP contribution in [0.5, 0.6) is 5.75 Å². The van der Waals surface area contributed by atoms with Gasteiger partial charge in [-0.3, -0.25) is 4.79 Å². The van der Waals surface area contributed by atoms with Gasteiger partial charge in [-0.15, -0.1) is 13.2 Å². The largest absolute Gasteiger partial charge is 0.573 e. The van der Waals surface area contributed by atoms with Gasteiger partial charge >= 0.3 is 6.36 Å². The SMILES string of the molecule is O=C(CNS(=O)(=O)c1cccc(OC(F)(F)F)c1)NCc1ccco1. The Labute approximate surface area is 140 Å². The van der Waals surface area contributed by atoms with Crippen LogP contribution in [0.1, 0.15) is 5.76 Å². The summed E-state index contributed by atoms with van der Waals surface area (Å²) in [4.78, 5) is 11.2. The van der Waals surface area contributed by atoms with Gasteiger partial charge in [0.2, 0.25) is 15.9 Å². The molecule has 2 aromatic rings. The molecule has 0 fully saturated rings. The van der Waals surface area contributed by atoms with Crippen molar-refractivity contribution in [3.8, 4) is 5.75 Å². The molecule has 0 radical (unpaired) electrons. The van der Waals surface area contributed by atoms with E-state index in [1.54, 1.807) is 12.1 Å². The van der Waals surface area contributed by atoms with Gasteiger partial charge in [-0.05, 0) is 24.3 Å². The van der Waals surface area contributed by atoms with Crippen molar-refractivity contribution < 1.29 is 35.5 Å². The molecular formula is C14H13F3N2O5S. The van der Waals surface area contributed by atoms with E-state index in [2.05, 4.69) is 10.1 Å². The van der Waals surface area contributed by atoms with Crippen LogP contribution in [0.2, 0.25) is 0 Å². The lowest BCUT2D eigenvalue weighted by molar-refractivity contribution is -0.274. The van der Waals surface area contributed by atoms with Gasteiger partial charge < -0.3 is 14.5 Å². The molecule has 11 heteroatoms. The summed E-state index contributed by atoms with van der Waals surface area (Å²) in [5, 5.41) is 2.42. The summed E-state index contributed by atoms with van der Waals surface area (Å²) in [6.07, 6.45) is -3.53. The van der Waals surface area contributed by atoms with Crippen molar-refractivity contribution in [2.75, 3.05) is 6.54 Å². The second kappa shape index (κ2) is 7.57. The van der Waals surface area contributed by atoms with Crippen LogP contribution in [-0.4, -0.2) is 27.2 Å². The molecule has 2 N–H and O–H groups in total. The van der Waals surface area contributed by atoms with E-state index in [1.165, 1.54) is 6.26 Å². The number of carbonyl (C=O) groups excluding carboxylic acids is 1. The average Bonchev–Trinajstić information content (AvgIpc) is 3.03. The Bertz CT molecular complexity index is 819. The molecule has 1 aromatic heterocycles. The number of hydrogen-bond donors (Lipinski definition) is 2. The van der Waals surface area contributed by atoms with Crippen molar-refractivity contribution in [3.63, 3.8) is 0 Å². The number of alkyl halides is 3. The van der Waals surface area contributed by atoms with Crippen molar-refractivity contribution in [3.05, 3.63) is 48.4 Å². The fourth-order valence-electron chi connectivity index (χ4n) is 1.74. The number of furan rings is 1. The Morgan fingerprint density at radius 3 is 2.60 bits per heavy atom. The smallest absolute Gasteiger partial charge is 0.467 e. The van der Waals surface area contributed by atoms with E-state index in [-0.39, 0.29) is 6.54 Å². The third-order valence-corrected chi connectivity index (χ3v) is 4.21. The van der Waals surface area contributed by atoms with Crippen LogP contribution in [-0.2, 0) is 21.4 Å². The summed E-state index contributed by atoms with van der Waals surface area (Å²) >= 11 is 0. The highest BCUT2D eigenvalue weighted by Gasteiger charge is 2.31. The van der Waals surface area contributed by atoms with Gasteiger partial charge in [-0.1, -0.05) is 6.07 Å². The van der Waals surface area contributed by atoms with E-state index in [0.717, 1.165) is 18.2 Å². The highest BCUT2D eigenvalue weighted by molar-refractivity contribution is 7.89. The van der Waals surface area contributed by atoms with E-state index in [4.69, 9.17) is 4.42 Å². The summed E-state index contributed by atoms with van der Waals surface area (Å²) in [6, 6.07) is 7.08. The monoisotopic (exact) mass is 378 g/mol. The molecule has 1 amide bonds. The Morgan fingerprint density at radius 2 is 1.96 bits per heavy atom. The molecule has 136 valence electrons. The molecule has 1 aromatic carbocycles. The first-order valence-electron chi connectivity index (χ1n) is 6.80. The number of nitrogens with one attached hydrogen (secondary N) is 2. The van der Waals surface area contributed by atoms with Gasteiger partial charge in [-0.2, -0.15) is 0 Å². The van der Waals surface area contributed by atoms with Crippen LogP contribution in [0.25, 0.3) is 0 Å². The molecule has 2 rings (SSSR count). The summed E-state index contributed by atoms with van der Waals surface area (Å²) in [5.74, 6) is -0.839. The van der Waals surface area contributed by atoms with Gasteiger partial charge in [0.1, 0.15) is 11.5 Å². The fourth-order valence-corrected chi connectivity index (χ4v) is 2.76. The zero-order valence-electron chi connectivity index (χ0n) is 12.5. The number of hydrogen-bond acceptors (Lipinski definition) is 5. The minimum absolute atomic E-state index is 0.0719. The third kappa shape index (κ3) is 6.12. The van der Waals surface area contributed by atoms with E-state index < -0.39 is 39.5 Å². The van der Waals surface area contributed by atoms with Crippen molar-refractivity contribution in [2.24, 2.45) is 0 Å². The minimum Gasteiger partial charge on any atom is -0.467 e. The van der Waals surface area contributed by atoms with Crippen molar-refractivity contribution in [1.82, 2.24) is 10.0 Å². The van der Waals surface area contributed by atoms with Crippen LogP contribution in [0.4, 0.5) is 13.2 Å². The number of halogens is 3. The van der Waals surface area contributed by atoms with Gasteiger partial charge in [0.05, 0.1) is 24.2 Å². The maximum atomic E-state index is 12.2. The first kappa shape index (κ1) is 18.8.